The van der Waals surface area contributed by atoms with Gasteiger partial charge in [-0.05, 0) is 24.6 Å². The first-order valence-corrected chi connectivity index (χ1v) is 5.74. The minimum Gasteiger partial charge on any atom is -0.308 e. The summed E-state index contributed by atoms with van der Waals surface area (Å²) < 4.78 is 1.81. The number of nitrogens with zero attached hydrogens (tertiary/aromatic N) is 4. The topological polar surface area (TPSA) is 66.5 Å². The third-order valence-electron chi connectivity index (χ3n) is 2.70. The fraction of sp³-hybridized carbons (Fsp3) is 0.308. The summed E-state index contributed by atoms with van der Waals surface area (Å²) in [5.74, 6) is 0. The van der Waals surface area contributed by atoms with E-state index < -0.39 is 0 Å². The van der Waals surface area contributed by atoms with Crippen LogP contribution in [0.4, 0.5) is 0 Å². The maximum absolute atomic E-state index is 8.76. The quantitative estimate of drug-likeness (QED) is 0.875. The highest BCUT2D eigenvalue weighted by atomic mass is 15.2. The van der Waals surface area contributed by atoms with Gasteiger partial charge in [-0.1, -0.05) is 0 Å². The van der Waals surface area contributed by atoms with Gasteiger partial charge in [0.2, 0.25) is 0 Å². The van der Waals surface area contributed by atoms with Gasteiger partial charge in [-0.15, -0.1) is 0 Å². The second-order valence-electron chi connectivity index (χ2n) is 4.18. The van der Waals surface area contributed by atoms with Crippen molar-refractivity contribution in [2.75, 3.05) is 0 Å². The Morgan fingerprint density at radius 3 is 2.94 bits per heavy atom. The van der Waals surface area contributed by atoms with E-state index in [0.29, 0.717) is 12.2 Å². The molecule has 0 bridgehead atoms. The number of hydrogen-bond acceptors (Lipinski definition) is 4. The summed E-state index contributed by atoms with van der Waals surface area (Å²) in [5.41, 5.74) is 3.74. The van der Waals surface area contributed by atoms with E-state index >= 15 is 0 Å². The zero-order valence-electron chi connectivity index (χ0n) is 10.5. The average Bonchev–Trinajstić information content (AvgIpc) is 2.68. The minimum absolute atomic E-state index is 0.451. The first kappa shape index (κ1) is 12.3. The Morgan fingerprint density at radius 2 is 2.28 bits per heavy atom. The van der Waals surface area contributed by atoms with Crippen molar-refractivity contribution in [1.29, 1.82) is 5.26 Å². The fourth-order valence-corrected chi connectivity index (χ4v) is 1.81. The van der Waals surface area contributed by atoms with Crippen molar-refractivity contribution >= 4 is 0 Å². The van der Waals surface area contributed by atoms with Crippen LogP contribution >= 0.6 is 0 Å². The van der Waals surface area contributed by atoms with Crippen LogP contribution in [0, 0.1) is 18.3 Å². The van der Waals surface area contributed by atoms with E-state index in [0.717, 1.165) is 17.8 Å². The van der Waals surface area contributed by atoms with E-state index in [9.17, 15) is 0 Å². The second kappa shape index (κ2) is 5.43. The van der Waals surface area contributed by atoms with Gasteiger partial charge in [-0.3, -0.25) is 4.68 Å². The molecule has 0 amide bonds. The monoisotopic (exact) mass is 241 g/mol. The largest absolute Gasteiger partial charge is 0.308 e. The highest BCUT2D eigenvalue weighted by Crippen LogP contribution is 2.05. The molecule has 2 aromatic heterocycles. The Hall–Kier alpha value is -2.19. The van der Waals surface area contributed by atoms with Crippen molar-refractivity contribution < 1.29 is 0 Å². The van der Waals surface area contributed by atoms with Gasteiger partial charge in [-0.25, -0.2) is 4.98 Å². The molecule has 18 heavy (non-hydrogen) atoms. The number of nitriles is 1. The van der Waals surface area contributed by atoms with Gasteiger partial charge in [0, 0.05) is 38.1 Å². The smallest absolute Gasteiger partial charge is 0.140 e. The van der Waals surface area contributed by atoms with Crippen molar-refractivity contribution in [2.24, 2.45) is 7.05 Å². The normalized spacial score (nSPS) is 10.3. The van der Waals surface area contributed by atoms with Crippen LogP contribution in [-0.2, 0) is 20.1 Å². The predicted octanol–water partition coefficient (Wildman–Crippen LogP) is 1.28. The molecule has 2 heterocycles. The molecule has 0 aromatic carbocycles. The molecule has 5 heteroatoms. The van der Waals surface area contributed by atoms with Gasteiger partial charge in [0.15, 0.2) is 0 Å². The standard InChI is InChI=1S/C13H15N5/c1-10-12(9-18(2)17-10)8-15-7-11-3-4-16-13(5-11)6-14/h3-5,9,15H,7-8H2,1-2H3. The molecule has 0 aliphatic carbocycles. The molecule has 5 nitrogen and oxygen atoms in total. The van der Waals surface area contributed by atoms with Crippen LogP contribution in [0.5, 0.6) is 0 Å². The number of pyridine rings is 1. The van der Waals surface area contributed by atoms with Crippen molar-refractivity contribution in [3.8, 4) is 6.07 Å². The van der Waals surface area contributed by atoms with Crippen LogP contribution in [0.25, 0.3) is 0 Å². The second-order valence-corrected chi connectivity index (χ2v) is 4.18. The molecular formula is C13H15N5. The molecule has 0 saturated carbocycles. The third-order valence-corrected chi connectivity index (χ3v) is 2.70. The van der Waals surface area contributed by atoms with Crippen LogP contribution in [-0.4, -0.2) is 14.8 Å². The van der Waals surface area contributed by atoms with Gasteiger partial charge in [0.25, 0.3) is 0 Å². The molecular weight excluding hydrogens is 226 g/mol. The van der Waals surface area contributed by atoms with E-state index in [4.69, 9.17) is 5.26 Å². The Balaban J connectivity index is 1.92. The molecule has 0 saturated heterocycles. The van der Waals surface area contributed by atoms with Crippen molar-refractivity contribution in [1.82, 2.24) is 20.1 Å². The van der Waals surface area contributed by atoms with E-state index in [1.165, 1.54) is 5.56 Å². The molecule has 92 valence electrons. The van der Waals surface area contributed by atoms with Crippen molar-refractivity contribution in [2.45, 2.75) is 20.0 Å². The molecule has 0 atom stereocenters. The van der Waals surface area contributed by atoms with Gasteiger partial charge in [0.05, 0.1) is 5.69 Å². The Kier molecular flexibility index (Phi) is 3.70. The van der Waals surface area contributed by atoms with Crippen LogP contribution in [0.15, 0.2) is 24.5 Å². The SMILES string of the molecule is Cc1nn(C)cc1CNCc1ccnc(C#N)c1. The lowest BCUT2D eigenvalue weighted by Gasteiger charge is -2.04. The lowest BCUT2D eigenvalue weighted by atomic mass is 10.2. The summed E-state index contributed by atoms with van der Waals surface area (Å²) in [4.78, 5) is 3.94. The summed E-state index contributed by atoms with van der Waals surface area (Å²) >= 11 is 0. The van der Waals surface area contributed by atoms with Gasteiger partial charge < -0.3 is 5.32 Å². The highest BCUT2D eigenvalue weighted by molar-refractivity contribution is 5.25. The molecule has 2 rings (SSSR count). The van der Waals surface area contributed by atoms with Crippen molar-refractivity contribution in [3.05, 3.63) is 47.0 Å². The maximum Gasteiger partial charge on any atom is 0.140 e. The number of nitrogens with one attached hydrogen (secondary N) is 1. The lowest BCUT2D eigenvalue weighted by Crippen LogP contribution is -2.13. The fourth-order valence-electron chi connectivity index (χ4n) is 1.81. The summed E-state index contributed by atoms with van der Waals surface area (Å²) in [6.45, 7) is 3.48. The van der Waals surface area contributed by atoms with Gasteiger partial charge in [0.1, 0.15) is 11.8 Å². The molecule has 2 aromatic rings. The van der Waals surface area contributed by atoms with Crippen LogP contribution < -0.4 is 5.32 Å². The van der Waals surface area contributed by atoms with Crippen LogP contribution in [0.3, 0.4) is 0 Å². The maximum atomic E-state index is 8.76. The minimum atomic E-state index is 0.451. The van der Waals surface area contributed by atoms with E-state index in [2.05, 4.69) is 15.4 Å². The van der Waals surface area contributed by atoms with Crippen molar-refractivity contribution in [3.63, 3.8) is 0 Å². The Bertz CT molecular complexity index is 579. The average molecular weight is 241 g/mol. The zero-order valence-corrected chi connectivity index (χ0v) is 10.5. The molecule has 0 radical (unpaired) electrons. The number of hydrogen-bond donors (Lipinski definition) is 1. The first-order valence-electron chi connectivity index (χ1n) is 5.74. The Morgan fingerprint density at radius 1 is 1.44 bits per heavy atom. The van der Waals surface area contributed by atoms with Gasteiger partial charge in [-0.2, -0.15) is 10.4 Å². The molecule has 0 fully saturated rings. The summed E-state index contributed by atoms with van der Waals surface area (Å²) in [7, 11) is 1.92. The lowest BCUT2D eigenvalue weighted by molar-refractivity contribution is 0.689. The van der Waals surface area contributed by atoms with E-state index in [1.54, 1.807) is 12.3 Å². The first-order chi connectivity index (χ1) is 8.69. The summed E-state index contributed by atoms with van der Waals surface area (Å²) in [5, 5.41) is 16.4. The molecule has 1 N–H and O–H groups in total. The number of aryl methyl sites for hydroxylation is 2. The zero-order chi connectivity index (χ0) is 13.0. The van der Waals surface area contributed by atoms with E-state index in [1.807, 2.05) is 37.0 Å². The number of aromatic nitrogens is 3. The Labute approximate surface area is 106 Å². The summed E-state index contributed by atoms with van der Waals surface area (Å²) in [6, 6.07) is 5.74. The summed E-state index contributed by atoms with van der Waals surface area (Å²) in [6.07, 6.45) is 3.67. The molecule has 0 unspecified atom stereocenters. The van der Waals surface area contributed by atoms with E-state index in [-0.39, 0.29) is 0 Å². The van der Waals surface area contributed by atoms with Crippen LogP contribution in [0.2, 0.25) is 0 Å². The highest BCUT2D eigenvalue weighted by Gasteiger charge is 2.02. The third kappa shape index (κ3) is 2.93. The predicted molar refractivity (Wildman–Crippen MR) is 67.4 cm³/mol. The number of rotatable bonds is 4. The van der Waals surface area contributed by atoms with Gasteiger partial charge >= 0.3 is 0 Å². The molecule has 0 aliphatic rings. The molecule has 0 aliphatic heterocycles. The van der Waals surface area contributed by atoms with Crippen LogP contribution in [0.1, 0.15) is 22.5 Å². The molecule has 0 spiro atoms.